The Bertz CT molecular complexity index is 1270. The molecular weight excluding hydrogens is 464 g/mol. The number of hydrogen-bond acceptors (Lipinski definition) is 3. The van der Waals surface area contributed by atoms with E-state index < -0.39 is 5.97 Å². The zero-order valence-corrected chi connectivity index (χ0v) is 20.4. The number of benzene rings is 3. The van der Waals surface area contributed by atoms with Gasteiger partial charge in [-0.1, -0.05) is 31.2 Å². The van der Waals surface area contributed by atoms with E-state index in [0.717, 1.165) is 11.1 Å². The summed E-state index contributed by atoms with van der Waals surface area (Å²) in [6.45, 7) is 4.85. The summed E-state index contributed by atoms with van der Waals surface area (Å²) in [5.41, 5.74) is 4.17. The summed E-state index contributed by atoms with van der Waals surface area (Å²) < 4.78 is 33.9. The van der Waals surface area contributed by atoms with Crippen molar-refractivity contribution < 1.29 is 28.2 Å². The van der Waals surface area contributed by atoms with Crippen molar-refractivity contribution >= 4 is 11.9 Å². The van der Waals surface area contributed by atoms with Gasteiger partial charge in [-0.25, -0.2) is 8.78 Å². The van der Waals surface area contributed by atoms with Gasteiger partial charge < -0.3 is 14.7 Å². The van der Waals surface area contributed by atoms with E-state index >= 15 is 0 Å². The van der Waals surface area contributed by atoms with Crippen molar-refractivity contribution in [1.82, 2.24) is 4.90 Å². The van der Waals surface area contributed by atoms with Crippen molar-refractivity contribution in [1.29, 1.82) is 0 Å². The number of carbonyl (C=O) groups is 2. The summed E-state index contributed by atoms with van der Waals surface area (Å²) in [6.07, 6.45) is 0.489. The molecule has 4 rings (SSSR count). The number of halogens is 2. The molecule has 3 aromatic rings. The van der Waals surface area contributed by atoms with E-state index in [2.05, 4.69) is 0 Å². The predicted octanol–water partition coefficient (Wildman–Crippen LogP) is 5.74. The summed E-state index contributed by atoms with van der Waals surface area (Å²) >= 11 is 0. The first-order valence-electron chi connectivity index (χ1n) is 12.1. The molecule has 36 heavy (non-hydrogen) atoms. The Kier molecular flexibility index (Phi) is 7.67. The Labute approximate surface area is 209 Å². The number of amides is 1. The molecule has 0 spiro atoms. The van der Waals surface area contributed by atoms with E-state index in [1.165, 1.54) is 18.2 Å². The van der Waals surface area contributed by atoms with Crippen LogP contribution in [0.5, 0.6) is 5.75 Å². The summed E-state index contributed by atoms with van der Waals surface area (Å²) in [5.74, 6) is -1.16. The minimum absolute atomic E-state index is 0.0580. The highest BCUT2D eigenvalue weighted by molar-refractivity contribution is 5.80. The molecule has 188 valence electrons. The average molecular weight is 494 g/mol. The lowest BCUT2D eigenvalue weighted by molar-refractivity contribution is -0.136. The van der Waals surface area contributed by atoms with Crippen LogP contribution in [0.3, 0.4) is 0 Å². The van der Waals surface area contributed by atoms with E-state index in [1.807, 2.05) is 13.8 Å². The number of aliphatic carboxylic acids is 1. The monoisotopic (exact) mass is 493 g/mol. The molecule has 0 unspecified atom stereocenters. The Balaban J connectivity index is 1.65. The molecule has 1 amide bonds. The summed E-state index contributed by atoms with van der Waals surface area (Å²) in [5, 5.41) is 9.25. The highest BCUT2D eigenvalue weighted by atomic mass is 19.1. The predicted molar refractivity (Wildman–Crippen MR) is 133 cm³/mol. The van der Waals surface area contributed by atoms with Crippen molar-refractivity contribution in [3.05, 3.63) is 88.5 Å². The van der Waals surface area contributed by atoms with Gasteiger partial charge in [0.25, 0.3) is 0 Å². The molecule has 5 nitrogen and oxygen atoms in total. The Morgan fingerprint density at radius 2 is 1.78 bits per heavy atom. The number of nitrogens with zero attached hydrogens (tertiary/aromatic N) is 1. The van der Waals surface area contributed by atoms with Gasteiger partial charge in [0, 0.05) is 25.1 Å². The van der Waals surface area contributed by atoms with Crippen LogP contribution in [0.1, 0.15) is 48.4 Å². The molecule has 1 aliphatic rings. The Morgan fingerprint density at radius 1 is 1.03 bits per heavy atom. The van der Waals surface area contributed by atoms with Crippen LogP contribution in [0.25, 0.3) is 11.1 Å². The van der Waals surface area contributed by atoms with Gasteiger partial charge in [-0.15, -0.1) is 0 Å². The van der Waals surface area contributed by atoms with E-state index in [4.69, 9.17) is 4.74 Å². The maximum absolute atomic E-state index is 14.8. The van der Waals surface area contributed by atoms with Gasteiger partial charge >= 0.3 is 5.97 Å². The molecule has 1 N–H and O–H groups in total. The SMILES string of the molecule is CCOc1ccc(CC(=O)O)cc1-c1ccc(F)c2c1CN(C(=O)C[C@@H](C)c1ccc(F)cc1)CC2. The first kappa shape index (κ1) is 25.4. The molecule has 0 aromatic heterocycles. The Hall–Kier alpha value is -3.74. The molecule has 0 radical (unpaired) electrons. The maximum Gasteiger partial charge on any atom is 0.307 e. The van der Waals surface area contributed by atoms with Gasteiger partial charge in [-0.3, -0.25) is 9.59 Å². The molecule has 1 atom stereocenters. The summed E-state index contributed by atoms with van der Waals surface area (Å²) in [7, 11) is 0. The number of carbonyl (C=O) groups excluding carboxylic acids is 1. The van der Waals surface area contributed by atoms with Crippen molar-refractivity contribution in [3.8, 4) is 16.9 Å². The van der Waals surface area contributed by atoms with Gasteiger partial charge in [0.05, 0.1) is 13.0 Å². The third kappa shape index (κ3) is 5.56. The summed E-state index contributed by atoms with van der Waals surface area (Å²) in [6, 6.07) is 14.5. The molecule has 3 aromatic carbocycles. The fraction of sp³-hybridized carbons (Fsp3) is 0.310. The number of ether oxygens (including phenoxy) is 1. The smallest absolute Gasteiger partial charge is 0.307 e. The van der Waals surface area contributed by atoms with Crippen LogP contribution in [0.4, 0.5) is 8.78 Å². The number of hydrogen-bond donors (Lipinski definition) is 1. The topological polar surface area (TPSA) is 66.8 Å². The third-order valence-corrected chi connectivity index (χ3v) is 6.62. The lowest BCUT2D eigenvalue weighted by atomic mass is 9.89. The highest BCUT2D eigenvalue weighted by Crippen LogP contribution is 2.38. The number of carboxylic acid groups (broad SMARTS) is 1. The fourth-order valence-corrected chi connectivity index (χ4v) is 4.75. The summed E-state index contributed by atoms with van der Waals surface area (Å²) in [4.78, 5) is 26.2. The molecule has 0 saturated heterocycles. The van der Waals surface area contributed by atoms with Crippen LogP contribution in [-0.4, -0.2) is 35.0 Å². The first-order valence-corrected chi connectivity index (χ1v) is 12.1. The zero-order valence-electron chi connectivity index (χ0n) is 20.4. The molecule has 0 aliphatic carbocycles. The van der Waals surface area contributed by atoms with E-state index in [1.54, 1.807) is 41.3 Å². The first-order chi connectivity index (χ1) is 17.3. The van der Waals surface area contributed by atoms with Crippen LogP contribution in [-0.2, 0) is 29.0 Å². The lowest BCUT2D eigenvalue weighted by Gasteiger charge is -2.32. The fourth-order valence-electron chi connectivity index (χ4n) is 4.75. The van der Waals surface area contributed by atoms with Gasteiger partial charge in [0.1, 0.15) is 17.4 Å². The molecule has 0 bridgehead atoms. The van der Waals surface area contributed by atoms with Gasteiger partial charge in [-0.05, 0) is 77.4 Å². The second-order valence-corrected chi connectivity index (χ2v) is 9.11. The van der Waals surface area contributed by atoms with E-state index in [-0.39, 0.29) is 42.8 Å². The lowest BCUT2D eigenvalue weighted by Crippen LogP contribution is -2.37. The van der Waals surface area contributed by atoms with Crippen molar-refractivity contribution in [2.75, 3.05) is 13.2 Å². The highest BCUT2D eigenvalue weighted by Gasteiger charge is 2.27. The maximum atomic E-state index is 14.8. The van der Waals surface area contributed by atoms with E-state index in [0.29, 0.717) is 47.6 Å². The Morgan fingerprint density at radius 3 is 2.47 bits per heavy atom. The zero-order chi connectivity index (χ0) is 25.8. The third-order valence-electron chi connectivity index (χ3n) is 6.62. The van der Waals surface area contributed by atoms with Gasteiger partial charge in [0.2, 0.25) is 5.91 Å². The second kappa shape index (κ2) is 10.9. The largest absolute Gasteiger partial charge is 0.493 e. The van der Waals surface area contributed by atoms with Crippen LogP contribution in [0.15, 0.2) is 54.6 Å². The minimum atomic E-state index is -0.946. The average Bonchev–Trinajstić information content (AvgIpc) is 2.85. The normalized spacial score (nSPS) is 13.7. The molecule has 0 saturated carbocycles. The van der Waals surface area contributed by atoms with E-state index in [9.17, 15) is 23.5 Å². The molecule has 0 fully saturated rings. The molecule has 7 heteroatoms. The van der Waals surface area contributed by atoms with Crippen molar-refractivity contribution in [3.63, 3.8) is 0 Å². The van der Waals surface area contributed by atoms with Crippen LogP contribution in [0, 0.1) is 11.6 Å². The van der Waals surface area contributed by atoms with Crippen LogP contribution >= 0.6 is 0 Å². The second-order valence-electron chi connectivity index (χ2n) is 9.11. The minimum Gasteiger partial charge on any atom is -0.493 e. The molecule has 1 aliphatic heterocycles. The van der Waals surface area contributed by atoms with Gasteiger partial charge in [0.15, 0.2) is 0 Å². The van der Waals surface area contributed by atoms with Gasteiger partial charge in [-0.2, -0.15) is 0 Å². The van der Waals surface area contributed by atoms with Crippen molar-refractivity contribution in [2.24, 2.45) is 0 Å². The molecular formula is C29H29F2NO4. The van der Waals surface area contributed by atoms with Crippen molar-refractivity contribution in [2.45, 2.75) is 45.6 Å². The van der Waals surface area contributed by atoms with Crippen LogP contribution in [0.2, 0.25) is 0 Å². The number of carboxylic acids is 1. The van der Waals surface area contributed by atoms with Crippen LogP contribution < -0.4 is 4.74 Å². The number of rotatable bonds is 8. The molecule has 1 heterocycles. The standard InChI is InChI=1S/C29H29F2NO4/c1-3-36-27-11-4-19(16-29(34)35)15-24(27)22-9-10-26(31)23-12-13-32(17-25(22)23)28(33)14-18(2)20-5-7-21(30)8-6-20/h4-11,15,18H,3,12-14,16-17H2,1-2H3,(H,34,35)/t18-/m1/s1. The number of fused-ring (bicyclic) bond motifs is 1. The quantitative estimate of drug-likeness (QED) is 0.435.